The van der Waals surface area contributed by atoms with Gasteiger partial charge in [0.15, 0.2) is 0 Å². The molecule has 0 saturated carbocycles. The minimum absolute atomic E-state index is 0.651. The smallest absolute Gasteiger partial charge is 0.129 e. The molecule has 2 rings (SSSR count). The number of hydrogen-bond donors (Lipinski definition) is 0. The van der Waals surface area contributed by atoms with Crippen LogP contribution in [0, 0.1) is 0 Å². The molecular formula is C15H22N2O. The Balaban J connectivity index is 2.05. The maximum Gasteiger partial charge on any atom is 0.129 e. The molecule has 0 fully saturated rings. The average Bonchev–Trinajstić information content (AvgIpc) is 2.57. The lowest BCUT2D eigenvalue weighted by atomic mass is 10.0. The van der Waals surface area contributed by atoms with Crippen LogP contribution in [0.1, 0.15) is 30.4 Å². The van der Waals surface area contributed by atoms with Crippen molar-refractivity contribution in [1.82, 2.24) is 4.90 Å². The lowest BCUT2D eigenvalue weighted by Gasteiger charge is -2.10. The van der Waals surface area contributed by atoms with Crippen molar-refractivity contribution in [2.45, 2.75) is 25.7 Å². The van der Waals surface area contributed by atoms with Gasteiger partial charge in [-0.05, 0) is 45.3 Å². The van der Waals surface area contributed by atoms with Crippen molar-refractivity contribution in [3.63, 3.8) is 0 Å². The van der Waals surface area contributed by atoms with Gasteiger partial charge in [-0.25, -0.2) is 0 Å². The summed E-state index contributed by atoms with van der Waals surface area (Å²) in [6.45, 7) is 1.55. The normalized spacial score (nSPS) is 17.6. The lowest BCUT2D eigenvalue weighted by molar-refractivity contribution is 0.125. The Morgan fingerprint density at radius 3 is 2.78 bits per heavy atom. The summed E-state index contributed by atoms with van der Waals surface area (Å²) in [5.74, 6) is 0. The summed E-state index contributed by atoms with van der Waals surface area (Å²) < 4.78 is 0. The molecule has 3 heteroatoms. The fraction of sp³-hybridized carbons (Fsp3) is 0.533. The molecule has 18 heavy (non-hydrogen) atoms. The van der Waals surface area contributed by atoms with Gasteiger partial charge < -0.3 is 9.74 Å². The molecule has 0 spiro atoms. The SMILES string of the molecule is CN(C)CCO/N=C1\CCCCc2ccccc21. The molecule has 1 aromatic rings. The van der Waals surface area contributed by atoms with Crippen molar-refractivity contribution in [3.05, 3.63) is 35.4 Å². The number of hydrogen-bond acceptors (Lipinski definition) is 3. The van der Waals surface area contributed by atoms with Crippen LogP contribution < -0.4 is 0 Å². The third-order valence-corrected chi connectivity index (χ3v) is 3.24. The first-order valence-corrected chi connectivity index (χ1v) is 6.69. The first kappa shape index (κ1) is 13.1. The Bertz CT molecular complexity index is 413. The van der Waals surface area contributed by atoms with Gasteiger partial charge in [-0.1, -0.05) is 29.4 Å². The topological polar surface area (TPSA) is 24.8 Å². The second kappa shape index (κ2) is 6.55. The molecule has 0 amide bonds. The highest BCUT2D eigenvalue weighted by Crippen LogP contribution is 2.20. The Labute approximate surface area is 109 Å². The number of likely N-dealkylation sites (N-methyl/N-ethyl adjacent to an activating group) is 1. The highest BCUT2D eigenvalue weighted by molar-refractivity contribution is 6.01. The molecule has 98 valence electrons. The highest BCUT2D eigenvalue weighted by atomic mass is 16.6. The summed E-state index contributed by atoms with van der Waals surface area (Å²) in [7, 11) is 4.08. The summed E-state index contributed by atoms with van der Waals surface area (Å²) >= 11 is 0. The third kappa shape index (κ3) is 3.57. The van der Waals surface area contributed by atoms with E-state index in [0.717, 1.165) is 25.1 Å². The van der Waals surface area contributed by atoms with Gasteiger partial charge in [-0.15, -0.1) is 0 Å². The van der Waals surface area contributed by atoms with Crippen LogP contribution in [0.2, 0.25) is 0 Å². The predicted octanol–water partition coefficient (Wildman–Crippen LogP) is 2.70. The van der Waals surface area contributed by atoms with Gasteiger partial charge in [0.05, 0.1) is 5.71 Å². The van der Waals surface area contributed by atoms with Crippen molar-refractivity contribution in [2.75, 3.05) is 27.2 Å². The van der Waals surface area contributed by atoms with Crippen LogP contribution in [0.15, 0.2) is 29.4 Å². The number of aryl methyl sites for hydroxylation is 1. The number of benzene rings is 1. The zero-order valence-electron chi connectivity index (χ0n) is 11.4. The van der Waals surface area contributed by atoms with Crippen molar-refractivity contribution in [3.8, 4) is 0 Å². The summed E-state index contributed by atoms with van der Waals surface area (Å²) in [5.41, 5.74) is 3.80. The van der Waals surface area contributed by atoms with Crippen LogP contribution in [0.3, 0.4) is 0 Å². The maximum atomic E-state index is 5.44. The third-order valence-electron chi connectivity index (χ3n) is 3.24. The molecule has 0 bridgehead atoms. The molecule has 0 unspecified atom stereocenters. The number of rotatable bonds is 4. The first-order valence-electron chi connectivity index (χ1n) is 6.69. The molecule has 0 aromatic heterocycles. The molecule has 0 aliphatic heterocycles. The zero-order chi connectivity index (χ0) is 12.8. The fourth-order valence-electron chi connectivity index (χ4n) is 2.20. The summed E-state index contributed by atoms with van der Waals surface area (Å²) in [6.07, 6.45) is 4.63. The molecule has 1 aliphatic carbocycles. The monoisotopic (exact) mass is 246 g/mol. The van der Waals surface area contributed by atoms with E-state index in [9.17, 15) is 0 Å². The van der Waals surface area contributed by atoms with Crippen molar-refractivity contribution < 1.29 is 4.84 Å². The van der Waals surface area contributed by atoms with E-state index in [4.69, 9.17) is 4.84 Å². The molecule has 0 saturated heterocycles. The quantitative estimate of drug-likeness (QED) is 0.463. The van der Waals surface area contributed by atoms with Gasteiger partial charge in [-0.3, -0.25) is 0 Å². The average molecular weight is 246 g/mol. The Morgan fingerprint density at radius 1 is 1.17 bits per heavy atom. The van der Waals surface area contributed by atoms with Gasteiger partial charge in [0.1, 0.15) is 6.61 Å². The van der Waals surface area contributed by atoms with E-state index in [0.29, 0.717) is 6.61 Å². The second-order valence-electron chi connectivity index (χ2n) is 5.04. The Hall–Kier alpha value is -1.35. The first-order chi connectivity index (χ1) is 8.77. The molecular weight excluding hydrogens is 224 g/mol. The van der Waals surface area contributed by atoms with Gasteiger partial charge in [-0.2, -0.15) is 0 Å². The van der Waals surface area contributed by atoms with Gasteiger partial charge in [0.2, 0.25) is 0 Å². The van der Waals surface area contributed by atoms with Crippen molar-refractivity contribution in [1.29, 1.82) is 0 Å². The van der Waals surface area contributed by atoms with E-state index >= 15 is 0 Å². The summed E-state index contributed by atoms with van der Waals surface area (Å²) in [5, 5.41) is 4.35. The van der Waals surface area contributed by atoms with Gasteiger partial charge >= 0.3 is 0 Å². The predicted molar refractivity (Wildman–Crippen MR) is 75.0 cm³/mol. The standard InChI is InChI=1S/C15H22N2O/c1-17(2)11-12-18-16-15-10-6-4-8-13-7-3-5-9-14(13)15/h3,5,7,9H,4,6,8,10-12H2,1-2H3/b16-15+. The van der Waals surface area contributed by atoms with E-state index in [1.54, 1.807) is 0 Å². The number of nitrogens with zero attached hydrogens (tertiary/aromatic N) is 2. The lowest BCUT2D eigenvalue weighted by Crippen LogP contribution is -2.17. The van der Waals surface area contributed by atoms with Crippen LogP contribution in [0.4, 0.5) is 0 Å². The minimum Gasteiger partial charge on any atom is -0.394 e. The maximum absolute atomic E-state index is 5.44. The Kier molecular flexibility index (Phi) is 4.76. The molecule has 0 atom stereocenters. The number of fused-ring (bicyclic) bond motifs is 1. The van der Waals surface area contributed by atoms with E-state index in [1.807, 2.05) is 14.1 Å². The molecule has 3 nitrogen and oxygen atoms in total. The second-order valence-corrected chi connectivity index (χ2v) is 5.04. The van der Waals surface area contributed by atoms with Crippen molar-refractivity contribution in [2.24, 2.45) is 5.16 Å². The van der Waals surface area contributed by atoms with E-state index < -0.39 is 0 Å². The zero-order valence-corrected chi connectivity index (χ0v) is 11.4. The largest absolute Gasteiger partial charge is 0.394 e. The van der Waals surface area contributed by atoms with Crippen LogP contribution in [0.25, 0.3) is 0 Å². The van der Waals surface area contributed by atoms with E-state index in [2.05, 4.69) is 34.3 Å². The van der Waals surface area contributed by atoms with E-state index in [1.165, 1.54) is 24.0 Å². The van der Waals surface area contributed by atoms with Crippen molar-refractivity contribution >= 4 is 5.71 Å². The highest BCUT2D eigenvalue weighted by Gasteiger charge is 2.13. The van der Waals surface area contributed by atoms with Crippen LogP contribution in [0.5, 0.6) is 0 Å². The van der Waals surface area contributed by atoms with Crippen LogP contribution >= 0.6 is 0 Å². The van der Waals surface area contributed by atoms with Gasteiger partial charge in [0.25, 0.3) is 0 Å². The van der Waals surface area contributed by atoms with Crippen LogP contribution in [-0.4, -0.2) is 37.9 Å². The molecule has 1 aromatic carbocycles. The molecule has 0 radical (unpaired) electrons. The molecule has 0 heterocycles. The van der Waals surface area contributed by atoms with Crippen LogP contribution in [-0.2, 0) is 11.3 Å². The minimum atomic E-state index is 0.651. The number of oxime groups is 1. The molecule has 0 N–H and O–H groups in total. The molecule has 1 aliphatic rings. The van der Waals surface area contributed by atoms with Gasteiger partial charge in [0, 0.05) is 12.1 Å². The Morgan fingerprint density at radius 2 is 1.94 bits per heavy atom. The fourth-order valence-corrected chi connectivity index (χ4v) is 2.20. The summed E-state index contributed by atoms with van der Waals surface area (Å²) in [4.78, 5) is 7.54. The summed E-state index contributed by atoms with van der Waals surface area (Å²) in [6, 6.07) is 8.55. The van der Waals surface area contributed by atoms with E-state index in [-0.39, 0.29) is 0 Å².